The van der Waals surface area contributed by atoms with Gasteiger partial charge in [-0.25, -0.2) is 19.9 Å². The van der Waals surface area contributed by atoms with Crippen molar-refractivity contribution < 1.29 is 4.74 Å². The first kappa shape index (κ1) is 15.7. The minimum atomic E-state index is 0.394. The van der Waals surface area contributed by atoms with Crippen molar-refractivity contribution in [2.45, 2.75) is 18.9 Å². The van der Waals surface area contributed by atoms with E-state index in [9.17, 15) is 0 Å². The SMILES string of the molecule is COc1cnc(N2CCC(N(C)c3ncc(Cl)cn3)CC2)nc1. The maximum Gasteiger partial charge on any atom is 0.225 e. The standard InChI is InChI=1S/C15H19ClN6O/c1-21(14-17-7-11(16)8-18-14)12-3-5-22(6-4-12)15-19-9-13(23-2)10-20-15/h7-10,12H,3-6H2,1-2H3. The molecule has 0 saturated carbocycles. The fourth-order valence-electron chi connectivity index (χ4n) is 2.68. The Labute approximate surface area is 140 Å². The Morgan fingerprint density at radius 2 is 1.70 bits per heavy atom. The van der Waals surface area contributed by atoms with Gasteiger partial charge < -0.3 is 14.5 Å². The molecule has 0 unspecified atom stereocenters. The van der Waals surface area contributed by atoms with Crippen molar-refractivity contribution in [2.75, 3.05) is 37.0 Å². The van der Waals surface area contributed by atoms with Crippen molar-refractivity contribution in [3.05, 3.63) is 29.8 Å². The van der Waals surface area contributed by atoms with Gasteiger partial charge in [0, 0.05) is 26.2 Å². The van der Waals surface area contributed by atoms with Crippen LogP contribution in [0.4, 0.5) is 11.9 Å². The van der Waals surface area contributed by atoms with Crippen molar-refractivity contribution in [2.24, 2.45) is 0 Å². The number of nitrogens with zero attached hydrogens (tertiary/aromatic N) is 6. The molecular weight excluding hydrogens is 316 g/mol. The molecule has 1 aliphatic rings. The van der Waals surface area contributed by atoms with E-state index >= 15 is 0 Å². The lowest BCUT2D eigenvalue weighted by atomic mass is 10.0. The summed E-state index contributed by atoms with van der Waals surface area (Å²) in [7, 11) is 3.63. The van der Waals surface area contributed by atoms with Crippen molar-refractivity contribution in [3.63, 3.8) is 0 Å². The van der Waals surface area contributed by atoms with E-state index in [0.29, 0.717) is 22.8 Å². The number of piperidine rings is 1. The van der Waals surface area contributed by atoms with E-state index in [1.165, 1.54) is 0 Å². The molecule has 1 saturated heterocycles. The lowest BCUT2D eigenvalue weighted by molar-refractivity contribution is 0.410. The van der Waals surface area contributed by atoms with Gasteiger partial charge in [-0.05, 0) is 12.8 Å². The number of aromatic nitrogens is 4. The van der Waals surface area contributed by atoms with Gasteiger partial charge in [-0.3, -0.25) is 0 Å². The van der Waals surface area contributed by atoms with Gasteiger partial charge in [-0.2, -0.15) is 0 Å². The zero-order chi connectivity index (χ0) is 16.2. The molecule has 2 aromatic heterocycles. The molecule has 0 amide bonds. The molecule has 0 spiro atoms. The van der Waals surface area contributed by atoms with Crippen LogP contribution in [0.25, 0.3) is 0 Å². The summed E-state index contributed by atoms with van der Waals surface area (Å²) < 4.78 is 5.09. The first-order valence-corrected chi connectivity index (χ1v) is 7.86. The van der Waals surface area contributed by atoms with Crippen LogP contribution in [0.15, 0.2) is 24.8 Å². The summed E-state index contributed by atoms with van der Waals surface area (Å²) in [6, 6.07) is 0.394. The van der Waals surface area contributed by atoms with E-state index < -0.39 is 0 Å². The zero-order valence-corrected chi connectivity index (χ0v) is 13.9. The van der Waals surface area contributed by atoms with Crippen molar-refractivity contribution in [1.82, 2.24) is 19.9 Å². The van der Waals surface area contributed by atoms with Gasteiger partial charge in [0.05, 0.1) is 36.9 Å². The van der Waals surface area contributed by atoms with E-state index in [0.717, 1.165) is 31.9 Å². The molecule has 8 heteroatoms. The summed E-state index contributed by atoms with van der Waals surface area (Å²) in [5.41, 5.74) is 0. The second-order valence-corrected chi connectivity index (χ2v) is 5.89. The molecule has 1 aliphatic heterocycles. The van der Waals surface area contributed by atoms with Gasteiger partial charge in [0.2, 0.25) is 11.9 Å². The first-order chi connectivity index (χ1) is 11.2. The fourth-order valence-corrected chi connectivity index (χ4v) is 2.78. The number of halogens is 1. The summed E-state index contributed by atoms with van der Waals surface area (Å²) in [5, 5.41) is 0.550. The highest BCUT2D eigenvalue weighted by Crippen LogP contribution is 2.22. The van der Waals surface area contributed by atoms with Crippen LogP contribution >= 0.6 is 11.6 Å². The Balaban J connectivity index is 1.60. The molecule has 0 aromatic carbocycles. The topological polar surface area (TPSA) is 67.3 Å². The van der Waals surface area contributed by atoms with Crippen LogP contribution in [0.2, 0.25) is 5.02 Å². The Hall–Kier alpha value is -2.15. The molecular formula is C15H19ClN6O. The number of hydrogen-bond donors (Lipinski definition) is 0. The highest BCUT2D eigenvalue weighted by molar-refractivity contribution is 6.30. The van der Waals surface area contributed by atoms with Crippen molar-refractivity contribution in [3.8, 4) is 5.75 Å². The van der Waals surface area contributed by atoms with Crippen LogP contribution in [-0.4, -0.2) is 53.2 Å². The molecule has 0 radical (unpaired) electrons. The molecule has 23 heavy (non-hydrogen) atoms. The number of anilines is 2. The quantitative estimate of drug-likeness (QED) is 0.847. The molecule has 7 nitrogen and oxygen atoms in total. The molecule has 0 bridgehead atoms. The Bertz CT molecular complexity index is 627. The molecule has 3 rings (SSSR count). The number of hydrogen-bond acceptors (Lipinski definition) is 7. The highest BCUT2D eigenvalue weighted by atomic mass is 35.5. The molecule has 0 atom stereocenters. The minimum Gasteiger partial charge on any atom is -0.494 e. The number of ether oxygens (including phenoxy) is 1. The Morgan fingerprint density at radius 1 is 1.09 bits per heavy atom. The monoisotopic (exact) mass is 334 g/mol. The summed E-state index contributed by atoms with van der Waals surface area (Å²) >= 11 is 5.84. The minimum absolute atomic E-state index is 0.394. The molecule has 1 fully saturated rings. The van der Waals surface area contributed by atoms with Crippen LogP contribution in [0.3, 0.4) is 0 Å². The van der Waals surface area contributed by atoms with E-state index in [4.69, 9.17) is 16.3 Å². The molecule has 2 aromatic rings. The van der Waals surface area contributed by atoms with Crippen LogP contribution in [0, 0.1) is 0 Å². The molecule has 0 aliphatic carbocycles. The van der Waals surface area contributed by atoms with Crippen LogP contribution in [-0.2, 0) is 0 Å². The van der Waals surface area contributed by atoms with Gasteiger partial charge in [0.25, 0.3) is 0 Å². The summed E-state index contributed by atoms with van der Waals surface area (Å²) in [6.45, 7) is 1.80. The van der Waals surface area contributed by atoms with Crippen LogP contribution in [0.5, 0.6) is 5.75 Å². The van der Waals surface area contributed by atoms with E-state index in [1.54, 1.807) is 31.9 Å². The smallest absolute Gasteiger partial charge is 0.225 e. The third-order valence-corrected chi connectivity index (χ3v) is 4.26. The normalized spacial score (nSPS) is 15.5. The largest absolute Gasteiger partial charge is 0.494 e. The maximum absolute atomic E-state index is 5.84. The predicted molar refractivity (Wildman–Crippen MR) is 89.3 cm³/mol. The Morgan fingerprint density at radius 3 is 2.26 bits per heavy atom. The van der Waals surface area contributed by atoms with Gasteiger partial charge in [-0.15, -0.1) is 0 Å². The molecule has 3 heterocycles. The second-order valence-electron chi connectivity index (χ2n) is 5.45. The van der Waals surface area contributed by atoms with E-state index in [2.05, 4.69) is 29.7 Å². The fraction of sp³-hybridized carbons (Fsp3) is 0.467. The Kier molecular flexibility index (Phi) is 4.76. The maximum atomic E-state index is 5.84. The summed E-state index contributed by atoms with van der Waals surface area (Å²) in [4.78, 5) is 21.6. The highest BCUT2D eigenvalue weighted by Gasteiger charge is 2.25. The lowest BCUT2D eigenvalue weighted by Crippen LogP contribution is -2.44. The van der Waals surface area contributed by atoms with E-state index in [1.807, 2.05) is 7.05 Å². The van der Waals surface area contributed by atoms with Gasteiger partial charge in [0.15, 0.2) is 5.75 Å². The molecule has 0 N–H and O–H groups in total. The first-order valence-electron chi connectivity index (χ1n) is 7.48. The van der Waals surface area contributed by atoms with Crippen molar-refractivity contribution in [1.29, 1.82) is 0 Å². The van der Waals surface area contributed by atoms with Crippen LogP contribution in [0.1, 0.15) is 12.8 Å². The second kappa shape index (κ2) is 6.95. The van der Waals surface area contributed by atoms with Gasteiger partial charge in [0.1, 0.15) is 0 Å². The van der Waals surface area contributed by atoms with Gasteiger partial charge >= 0.3 is 0 Å². The summed E-state index contributed by atoms with van der Waals surface area (Å²) in [6.07, 6.45) is 8.64. The molecule has 122 valence electrons. The van der Waals surface area contributed by atoms with E-state index in [-0.39, 0.29) is 0 Å². The zero-order valence-electron chi connectivity index (χ0n) is 13.2. The number of methoxy groups -OCH3 is 1. The van der Waals surface area contributed by atoms with Gasteiger partial charge in [-0.1, -0.05) is 11.6 Å². The average Bonchev–Trinajstić information content (AvgIpc) is 2.62. The third kappa shape index (κ3) is 3.61. The predicted octanol–water partition coefficient (Wildman–Crippen LogP) is 2.03. The lowest BCUT2D eigenvalue weighted by Gasteiger charge is -2.36. The van der Waals surface area contributed by atoms with Crippen LogP contribution < -0.4 is 14.5 Å². The third-order valence-electron chi connectivity index (χ3n) is 4.07. The summed E-state index contributed by atoms with van der Waals surface area (Å²) in [5.74, 6) is 2.12. The average molecular weight is 335 g/mol. The van der Waals surface area contributed by atoms with Crippen molar-refractivity contribution >= 4 is 23.5 Å². The number of rotatable bonds is 4.